The van der Waals surface area contributed by atoms with Crippen molar-refractivity contribution in [2.75, 3.05) is 20.1 Å². The van der Waals surface area contributed by atoms with Crippen LogP contribution in [0.1, 0.15) is 12.8 Å². The molecule has 0 saturated carbocycles. The van der Waals surface area contributed by atoms with E-state index in [9.17, 15) is 5.26 Å². The van der Waals surface area contributed by atoms with Crippen LogP contribution in [0.2, 0.25) is 0 Å². The quantitative estimate of drug-likeness (QED) is 0.661. The van der Waals surface area contributed by atoms with Crippen molar-refractivity contribution in [2.45, 2.75) is 12.8 Å². The Bertz CT molecular complexity index is 329. The van der Waals surface area contributed by atoms with Gasteiger partial charge >= 0.3 is 0 Å². The molecule has 2 aliphatic heterocycles. The van der Waals surface area contributed by atoms with Gasteiger partial charge < -0.3 is 15.8 Å². The molecule has 1 saturated heterocycles. The van der Waals surface area contributed by atoms with Crippen molar-refractivity contribution in [2.24, 2.45) is 5.41 Å². The van der Waals surface area contributed by atoms with Crippen LogP contribution in [0.15, 0.2) is 24.0 Å². The van der Waals surface area contributed by atoms with Gasteiger partial charge in [-0.3, -0.25) is 0 Å². The topological polar surface area (TPSA) is 51.1 Å². The highest BCUT2D eigenvalue weighted by Gasteiger charge is 2.36. The summed E-state index contributed by atoms with van der Waals surface area (Å²) in [4.78, 5) is 2.27. The van der Waals surface area contributed by atoms with Gasteiger partial charge in [0.25, 0.3) is 0 Å². The molecule has 4 heteroatoms. The summed E-state index contributed by atoms with van der Waals surface area (Å²) in [7, 11) is 2.10. The Morgan fingerprint density at radius 2 is 2.13 bits per heavy atom. The van der Waals surface area contributed by atoms with E-state index >= 15 is 0 Å². The van der Waals surface area contributed by atoms with Gasteiger partial charge in [0.2, 0.25) is 0 Å². The Kier molecular flexibility index (Phi) is 2.65. The number of piperidine rings is 1. The molecule has 0 amide bonds. The van der Waals surface area contributed by atoms with Gasteiger partial charge in [-0.2, -0.15) is 5.26 Å². The van der Waals surface area contributed by atoms with Gasteiger partial charge in [0, 0.05) is 12.4 Å². The van der Waals surface area contributed by atoms with Crippen LogP contribution in [0.4, 0.5) is 0 Å². The molecule has 0 atom stereocenters. The molecular formula is C11H16N4. The zero-order chi connectivity index (χ0) is 10.7. The van der Waals surface area contributed by atoms with Crippen molar-refractivity contribution in [1.29, 1.82) is 5.26 Å². The summed E-state index contributed by atoms with van der Waals surface area (Å²) in [6.07, 6.45) is 7.56. The fourth-order valence-electron chi connectivity index (χ4n) is 2.11. The number of rotatable bonds is 1. The Labute approximate surface area is 90.2 Å². The van der Waals surface area contributed by atoms with Gasteiger partial charge in [0.05, 0.1) is 11.5 Å². The predicted octanol–water partition coefficient (Wildman–Crippen LogP) is 0.727. The van der Waals surface area contributed by atoms with Crippen LogP contribution in [0.5, 0.6) is 0 Å². The van der Waals surface area contributed by atoms with E-state index in [2.05, 4.69) is 28.9 Å². The van der Waals surface area contributed by atoms with Crippen molar-refractivity contribution in [3.05, 3.63) is 24.0 Å². The second-order valence-corrected chi connectivity index (χ2v) is 4.22. The summed E-state index contributed by atoms with van der Waals surface area (Å²) in [6.45, 7) is 1.98. The van der Waals surface area contributed by atoms with E-state index in [0.717, 1.165) is 31.5 Å². The molecule has 2 aliphatic rings. The molecule has 0 aromatic heterocycles. The minimum atomic E-state index is -0.294. The molecule has 0 aliphatic carbocycles. The van der Waals surface area contributed by atoms with E-state index in [0.29, 0.717) is 0 Å². The minimum Gasteiger partial charge on any atom is -0.309 e. The molecular weight excluding hydrogens is 188 g/mol. The van der Waals surface area contributed by atoms with Crippen LogP contribution in [-0.4, -0.2) is 25.0 Å². The first-order valence-corrected chi connectivity index (χ1v) is 5.25. The first-order valence-electron chi connectivity index (χ1n) is 5.25. The molecule has 2 N–H and O–H groups in total. The summed E-state index contributed by atoms with van der Waals surface area (Å²) in [5.74, 6) is 0. The summed E-state index contributed by atoms with van der Waals surface area (Å²) < 4.78 is 0. The molecule has 15 heavy (non-hydrogen) atoms. The van der Waals surface area contributed by atoms with Gasteiger partial charge in [0.1, 0.15) is 0 Å². The zero-order valence-corrected chi connectivity index (χ0v) is 8.95. The Balaban J connectivity index is 2.19. The average Bonchev–Trinajstić information content (AvgIpc) is 2.32. The van der Waals surface area contributed by atoms with Crippen molar-refractivity contribution < 1.29 is 0 Å². The molecule has 2 heterocycles. The minimum absolute atomic E-state index is 0.294. The van der Waals surface area contributed by atoms with Crippen molar-refractivity contribution in [3.8, 4) is 6.07 Å². The molecule has 2 rings (SSSR count). The normalized spacial score (nSPS) is 24.7. The van der Waals surface area contributed by atoms with Crippen molar-refractivity contribution in [3.63, 3.8) is 0 Å². The average molecular weight is 204 g/mol. The van der Waals surface area contributed by atoms with Crippen LogP contribution < -0.4 is 10.9 Å². The van der Waals surface area contributed by atoms with E-state index in [1.807, 2.05) is 18.5 Å². The summed E-state index contributed by atoms with van der Waals surface area (Å²) in [6, 6.07) is 2.49. The molecule has 0 unspecified atom stereocenters. The molecule has 0 radical (unpaired) electrons. The highest BCUT2D eigenvalue weighted by Crippen LogP contribution is 2.38. The molecule has 80 valence electrons. The zero-order valence-electron chi connectivity index (χ0n) is 8.95. The van der Waals surface area contributed by atoms with Crippen LogP contribution >= 0.6 is 0 Å². The second kappa shape index (κ2) is 3.95. The third kappa shape index (κ3) is 1.83. The van der Waals surface area contributed by atoms with Gasteiger partial charge in [-0.15, -0.1) is 0 Å². The Morgan fingerprint density at radius 1 is 1.40 bits per heavy atom. The third-order valence-corrected chi connectivity index (χ3v) is 3.26. The smallest absolute Gasteiger partial charge is 0.0861 e. The SMILES string of the molecule is CN1CCC(C#N)(C2=CNNC=C2)CC1. The number of likely N-dealkylation sites (tertiary alicyclic amines) is 1. The fraction of sp³-hybridized carbons (Fsp3) is 0.545. The lowest BCUT2D eigenvalue weighted by Gasteiger charge is -2.36. The van der Waals surface area contributed by atoms with Crippen LogP contribution in [0.25, 0.3) is 0 Å². The highest BCUT2D eigenvalue weighted by atomic mass is 15.3. The van der Waals surface area contributed by atoms with Crippen LogP contribution in [0.3, 0.4) is 0 Å². The first kappa shape index (κ1) is 10.1. The van der Waals surface area contributed by atoms with Gasteiger partial charge in [-0.1, -0.05) is 0 Å². The summed E-state index contributed by atoms with van der Waals surface area (Å²) in [5.41, 5.74) is 6.62. The first-order chi connectivity index (χ1) is 7.27. The number of hydrogen-bond donors (Lipinski definition) is 2. The van der Waals surface area contributed by atoms with E-state index in [-0.39, 0.29) is 5.41 Å². The fourth-order valence-corrected chi connectivity index (χ4v) is 2.11. The maximum atomic E-state index is 9.39. The number of hydrogen-bond acceptors (Lipinski definition) is 4. The number of nitrogens with one attached hydrogen (secondary N) is 2. The lowest BCUT2D eigenvalue weighted by molar-refractivity contribution is 0.199. The molecule has 0 aromatic carbocycles. The molecule has 1 fully saturated rings. The lowest BCUT2D eigenvalue weighted by atomic mass is 9.73. The van der Waals surface area contributed by atoms with Crippen LogP contribution in [0, 0.1) is 16.7 Å². The molecule has 0 spiro atoms. The van der Waals surface area contributed by atoms with E-state index in [1.165, 1.54) is 0 Å². The van der Waals surface area contributed by atoms with Gasteiger partial charge in [-0.25, -0.2) is 0 Å². The van der Waals surface area contributed by atoms with Crippen molar-refractivity contribution in [1.82, 2.24) is 15.8 Å². The number of allylic oxidation sites excluding steroid dienone is 2. The third-order valence-electron chi connectivity index (χ3n) is 3.26. The summed E-state index contributed by atoms with van der Waals surface area (Å²) >= 11 is 0. The second-order valence-electron chi connectivity index (χ2n) is 4.22. The Morgan fingerprint density at radius 3 is 2.67 bits per heavy atom. The lowest BCUT2D eigenvalue weighted by Crippen LogP contribution is -2.39. The van der Waals surface area contributed by atoms with Gasteiger partial charge in [0.15, 0.2) is 0 Å². The Hall–Kier alpha value is -1.47. The van der Waals surface area contributed by atoms with E-state index in [1.54, 1.807) is 0 Å². The highest BCUT2D eigenvalue weighted by molar-refractivity contribution is 5.34. The van der Waals surface area contributed by atoms with Crippen LogP contribution in [-0.2, 0) is 0 Å². The van der Waals surface area contributed by atoms with Gasteiger partial charge in [-0.05, 0) is 44.6 Å². The standard InChI is InChI=1S/C11H16N4/c1-15-6-3-11(9-12,4-7-15)10-2-5-13-14-8-10/h2,5,8,13-14H,3-4,6-7H2,1H3. The molecule has 0 bridgehead atoms. The number of nitriles is 1. The van der Waals surface area contributed by atoms with E-state index in [4.69, 9.17) is 0 Å². The largest absolute Gasteiger partial charge is 0.309 e. The molecule has 4 nitrogen and oxygen atoms in total. The number of hydrazine groups is 1. The maximum absolute atomic E-state index is 9.39. The number of nitrogens with zero attached hydrogens (tertiary/aromatic N) is 2. The van der Waals surface area contributed by atoms with E-state index < -0.39 is 0 Å². The maximum Gasteiger partial charge on any atom is 0.0861 e. The predicted molar refractivity (Wildman–Crippen MR) is 58.3 cm³/mol. The molecule has 0 aromatic rings. The summed E-state index contributed by atoms with van der Waals surface area (Å²) in [5, 5.41) is 9.39. The van der Waals surface area contributed by atoms with Crippen molar-refractivity contribution >= 4 is 0 Å². The monoisotopic (exact) mass is 204 g/mol.